The molecule has 0 unspecified atom stereocenters. The average molecular weight is 329 g/mol. The minimum Gasteiger partial charge on any atom is -0.313 e. The third kappa shape index (κ3) is 2.06. The first-order valence-corrected chi connectivity index (χ1v) is 5.89. The molecule has 4 heteroatoms. The van der Waals surface area contributed by atoms with Crippen molar-refractivity contribution in [2.45, 2.75) is 0 Å². The first-order valence-electron chi connectivity index (χ1n) is 4.30. The maximum Gasteiger partial charge on any atom is 0.166 e. The first kappa shape index (κ1) is 10.6. The Morgan fingerprint density at radius 1 is 1.20 bits per heavy atom. The number of rotatable bonds is 2. The van der Waals surface area contributed by atoms with Gasteiger partial charge in [-0.1, -0.05) is 15.9 Å². The molecule has 2 aromatic rings. The van der Waals surface area contributed by atoms with Gasteiger partial charge < -0.3 is 4.57 Å². The Bertz CT molecular complexity index is 505. The van der Waals surface area contributed by atoms with Crippen LogP contribution in [-0.4, -0.2) is 10.9 Å². The van der Waals surface area contributed by atoms with E-state index in [1.54, 1.807) is 6.07 Å². The van der Waals surface area contributed by atoms with Gasteiger partial charge in [0.2, 0.25) is 0 Å². The van der Waals surface area contributed by atoms with Gasteiger partial charge in [-0.25, -0.2) is 0 Å². The summed E-state index contributed by atoms with van der Waals surface area (Å²) >= 11 is 6.85. The van der Waals surface area contributed by atoms with Crippen LogP contribution in [0.1, 0.15) is 10.5 Å². The van der Waals surface area contributed by atoms with Gasteiger partial charge in [0, 0.05) is 15.1 Å². The molecule has 0 aliphatic rings. The maximum atomic E-state index is 10.8. The van der Waals surface area contributed by atoms with Gasteiger partial charge in [-0.15, -0.1) is 0 Å². The SMILES string of the molecule is O=Cc1cccn1-c1ccc(Br)cc1Br. The number of hydrogen-bond acceptors (Lipinski definition) is 1. The summed E-state index contributed by atoms with van der Waals surface area (Å²) in [5.41, 5.74) is 1.59. The van der Waals surface area contributed by atoms with Crippen molar-refractivity contribution in [3.63, 3.8) is 0 Å². The Morgan fingerprint density at radius 2 is 2.00 bits per heavy atom. The van der Waals surface area contributed by atoms with Crippen LogP contribution in [0.4, 0.5) is 0 Å². The predicted molar refractivity (Wildman–Crippen MR) is 66.6 cm³/mol. The third-order valence-corrected chi connectivity index (χ3v) is 3.20. The molecule has 0 aliphatic heterocycles. The summed E-state index contributed by atoms with van der Waals surface area (Å²) in [5.74, 6) is 0. The van der Waals surface area contributed by atoms with Crippen molar-refractivity contribution >= 4 is 38.1 Å². The summed E-state index contributed by atoms with van der Waals surface area (Å²) in [6.07, 6.45) is 2.70. The molecule has 2 rings (SSSR count). The molecule has 0 saturated heterocycles. The normalized spacial score (nSPS) is 10.3. The van der Waals surface area contributed by atoms with Gasteiger partial charge in [0.15, 0.2) is 6.29 Å². The first-order chi connectivity index (χ1) is 7.22. The van der Waals surface area contributed by atoms with Crippen LogP contribution in [0, 0.1) is 0 Å². The lowest BCUT2D eigenvalue weighted by Crippen LogP contribution is -1.98. The molecule has 76 valence electrons. The Balaban J connectivity index is 2.59. The number of benzene rings is 1. The Hall–Kier alpha value is -0.870. The van der Waals surface area contributed by atoms with Gasteiger partial charge in [0.05, 0.1) is 11.4 Å². The van der Waals surface area contributed by atoms with Crippen molar-refractivity contribution < 1.29 is 4.79 Å². The summed E-state index contributed by atoms with van der Waals surface area (Å²) in [6.45, 7) is 0. The molecule has 0 amide bonds. The molecule has 1 heterocycles. The quantitative estimate of drug-likeness (QED) is 0.768. The Kier molecular flexibility index (Phi) is 3.07. The van der Waals surface area contributed by atoms with Crippen LogP contribution in [0.25, 0.3) is 5.69 Å². The third-order valence-electron chi connectivity index (χ3n) is 2.07. The number of hydrogen-bond donors (Lipinski definition) is 0. The van der Waals surface area contributed by atoms with E-state index in [4.69, 9.17) is 0 Å². The van der Waals surface area contributed by atoms with Crippen LogP contribution in [0.2, 0.25) is 0 Å². The molecule has 0 N–H and O–H groups in total. The van der Waals surface area contributed by atoms with Crippen molar-refractivity contribution in [1.82, 2.24) is 4.57 Å². The molecule has 15 heavy (non-hydrogen) atoms. The van der Waals surface area contributed by atoms with Crippen molar-refractivity contribution in [1.29, 1.82) is 0 Å². The number of carbonyl (C=O) groups is 1. The lowest BCUT2D eigenvalue weighted by molar-refractivity contribution is 0.111. The second kappa shape index (κ2) is 4.33. The molecule has 0 aliphatic carbocycles. The predicted octanol–water partition coefficient (Wildman–Crippen LogP) is 3.81. The van der Waals surface area contributed by atoms with E-state index in [0.29, 0.717) is 5.69 Å². The van der Waals surface area contributed by atoms with Gasteiger partial charge in [-0.05, 0) is 46.3 Å². The van der Waals surface area contributed by atoms with Crippen LogP contribution in [-0.2, 0) is 0 Å². The molecule has 0 fully saturated rings. The van der Waals surface area contributed by atoms with E-state index in [1.165, 1.54) is 0 Å². The number of carbonyl (C=O) groups excluding carboxylic acids is 1. The molecule has 0 radical (unpaired) electrons. The minimum atomic E-state index is 0.637. The summed E-state index contributed by atoms with van der Waals surface area (Å²) in [5, 5.41) is 0. The minimum absolute atomic E-state index is 0.637. The van der Waals surface area contributed by atoms with E-state index in [9.17, 15) is 4.79 Å². The van der Waals surface area contributed by atoms with Crippen LogP contribution in [0.5, 0.6) is 0 Å². The molecule has 0 atom stereocenters. The van der Waals surface area contributed by atoms with Gasteiger partial charge in [-0.2, -0.15) is 0 Å². The lowest BCUT2D eigenvalue weighted by Gasteiger charge is -2.08. The van der Waals surface area contributed by atoms with Crippen LogP contribution < -0.4 is 0 Å². The monoisotopic (exact) mass is 327 g/mol. The zero-order valence-electron chi connectivity index (χ0n) is 7.65. The summed E-state index contributed by atoms with van der Waals surface area (Å²) in [7, 11) is 0. The van der Waals surface area contributed by atoms with Gasteiger partial charge in [-0.3, -0.25) is 4.79 Å². The fourth-order valence-corrected chi connectivity index (χ4v) is 2.62. The molecule has 1 aromatic heterocycles. The highest BCUT2D eigenvalue weighted by Gasteiger charge is 2.05. The van der Waals surface area contributed by atoms with Gasteiger partial charge in [0.1, 0.15) is 0 Å². The highest BCUT2D eigenvalue weighted by molar-refractivity contribution is 9.11. The van der Waals surface area contributed by atoms with E-state index < -0.39 is 0 Å². The number of nitrogens with zero attached hydrogens (tertiary/aromatic N) is 1. The molecular weight excluding hydrogens is 322 g/mol. The Labute approximate surface area is 104 Å². The summed E-state index contributed by atoms with van der Waals surface area (Å²) in [6, 6.07) is 9.46. The second-order valence-corrected chi connectivity index (χ2v) is 4.79. The molecule has 0 saturated carbocycles. The topological polar surface area (TPSA) is 22.0 Å². The molecule has 0 bridgehead atoms. The second-order valence-electron chi connectivity index (χ2n) is 3.02. The average Bonchev–Trinajstić information content (AvgIpc) is 2.65. The van der Waals surface area contributed by atoms with Gasteiger partial charge in [0.25, 0.3) is 0 Å². The smallest absolute Gasteiger partial charge is 0.166 e. The molecular formula is C11H7Br2NO. The van der Waals surface area contributed by atoms with Gasteiger partial charge >= 0.3 is 0 Å². The van der Waals surface area contributed by atoms with E-state index >= 15 is 0 Å². The van der Waals surface area contributed by atoms with Crippen LogP contribution in [0.15, 0.2) is 45.5 Å². The zero-order valence-corrected chi connectivity index (χ0v) is 10.8. The zero-order chi connectivity index (χ0) is 10.8. The van der Waals surface area contributed by atoms with Crippen molar-refractivity contribution in [2.75, 3.05) is 0 Å². The molecule has 2 nitrogen and oxygen atoms in total. The molecule has 1 aromatic carbocycles. The van der Waals surface area contributed by atoms with E-state index in [-0.39, 0.29) is 0 Å². The van der Waals surface area contributed by atoms with Crippen LogP contribution in [0.3, 0.4) is 0 Å². The standard InChI is InChI=1S/C11H7Br2NO/c12-8-3-4-11(10(13)6-8)14-5-1-2-9(14)7-15/h1-7H. The van der Waals surface area contributed by atoms with Crippen molar-refractivity contribution in [3.8, 4) is 5.69 Å². The van der Waals surface area contributed by atoms with E-state index in [0.717, 1.165) is 20.9 Å². The fourth-order valence-electron chi connectivity index (χ4n) is 1.39. The van der Waals surface area contributed by atoms with E-state index in [2.05, 4.69) is 31.9 Å². The summed E-state index contributed by atoms with van der Waals surface area (Å²) < 4.78 is 3.78. The van der Waals surface area contributed by atoms with Crippen LogP contribution >= 0.6 is 31.9 Å². The highest BCUT2D eigenvalue weighted by atomic mass is 79.9. The number of aldehydes is 1. The molecule has 0 spiro atoms. The lowest BCUT2D eigenvalue weighted by atomic mass is 10.3. The Morgan fingerprint density at radius 3 is 2.67 bits per heavy atom. The van der Waals surface area contributed by atoms with Crippen molar-refractivity contribution in [2.24, 2.45) is 0 Å². The fraction of sp³-hybridized carbons (Fsp3) is 0. The van der Waals surface area contributed by atoms with Crippen molar-refractivity contribution in [3.05, 3.63) is 51.2 Å². The number of halogens is 2. The number of aromatic nitrogens is 1. The maximum absolute atomic E-state index is 10.8. The van der Waals surface area contributed by atoms with E-state index in [1.807, 2.05) is 35.0 Å². The summed E-state index contributed by atoms with van der Waals surface area (Å²) in [4.78, 5) is 10.8. The highest BCUT2D eigenvalue weighted by Crippen LogP contribution is 2.25. The largest absolute Gasteiger partial charge is 0.313 e.